The summed E-state index contributed by atoms with van der Waals surface area (Å²) in [7, 11) is 4.85. The summed E-state index contributed by atoms with van der Waals surface area (Å²) in [6.45, 7) is 3.97. The quantitative estimate of drug-likeness (QED) is 0.433. The normalized spacial score (nSPS) is 15.7. The van der Waals surface area contributed by atoms with E-state index in [9.17, 15) is 4.79 Å². The van der Waals surface area contributed by atoms with Crippen molar-refractivity contribution in [2.75, 3.05) is 34.6 Å². The Kier molecular flexibility index (Phi) is 6.57. The van der Waals surface area contributed by atoms with Crippen LogP contribution >= 0.6 is 0 Å². The molecule has 0 unspecified atom stereocenters. The van der Waals surface area contributed by atoms with Gasteiger partial charge in [-0.25, -0.2) is 0 Å². The maximum Gasteiger partial charge on any atom is 0.231 e. The van der Waals surface area contributed by atoms with E-state index >= 15 is 0 Å². The van der Waals surface area contributed by atoms with Gasteiger partial charge in [-0.1, -0.05) is 12.1 Å². The van der Waals surface area contributed by atoms with Crippen molar-refractivity contribution < 1.29 is 28.5 Å². The standard InChI is InChI=1S/C29H29NO6/c1-18-28-21(16-30(17-35-28)12-11-19-5-7-22(32-2)8-6-19)14-24-27(31)26(36-29(18)24)15-20-13-23(33-3)9-10-25(20)34-4/h5-10,13-15H,11-12,16-17H2,1-4H3/b26-15-. The smallest absolute Gasteiger partial charge is 0.231 e. The van der Waals surface area contributed by atoms with Gasteiger partial charge in [0.05, 0.1) is 26.9 Å². The van der Waals surface area contributed by atoms with Gasteiger partial charge in [-0.05, 0) is 61.4 Å². The number of nitrogens with zero attached hydrogens (tertiary/aromatic N) is 1. The van der Waals surface area contributed by atoms with E-state index in [0.717, 1.165) is 35.6 Å². The first-order chi connectivity index (χ1) is 17.5. The van der Waals surface area contributed by atoms with Gasteiger partial charge in [0.2, 0.25) is 5.78 Å². The zero-order valence-electron chi connectivity index (χ0n) is 20.9. The molecular weight excluding hydrogens is 458 g/mol. The molecule has 0 fully saturated rings. The third-order valence-corrected chi connectivity index (χ3v) is 6.60. The van der Waals surface area contributed by atoms with Crippen LogP contribution in [0.4, 0.5) is 0 Å². The molecule has 0 saturated carbocycles. The Morgan fingerprint density at radius 2 is 1.69 bits per heavy atom. The van der Waals surface area contributed by atoms with Gasteiger partial charge in [-0.2, -0.15) is 0 Å². The molecule has 7 heteroatoms. The first-order valence-electron chi connectivity index (χ1n) is 11.8. The van der Waals surface area contributed by atoms with Crippen molar-refractivity contribution in [3.05, 3.63) is 82.1 Å². The van der Waals surface area contributed by atoms with E-state index in [1.54, 1.807) is 33.5 Å². The third kappa shape index (κ3) is 4.50. The lowest BCUT2D eigenvalue weighted by Crippen LogP contribution is -2.34. The van der Waals surface area contributed by atoms with Crippen molar-refractivity contribution >= 4 is 11.9 Å². The zero-order chi connectivity index (χ0) is 25.2. The number of Topliss-reactive ketones (excluding diaryl/α,β-unsaturated/α-hetero) is 1. The van der Waals surface area contributed by atoms with Crippen LogP contribution in [0.25, 0.3) is 6.08 Å². The molecule has 186 valence electrons. The van der Waals surface area contributed by atoms with Crippen molar-refractivity contribution in [3.63, 3.8) is 0 Å². The average Bonchev–Trinajstić information content (AvgIpc) is 3.22. The number of rotatable bonds is 7. The van der Waals surface area contributed by atoms with Crippen LogP contribution in [0.5, 0.6) is 28.7 Å². The van der Waals surface area contributed by atoms with E-state index in [1.165, 1.54) is 5.56 Å². The highest BCUT2D eigenvalue weighted by Gasteiger charge is 2.33. The molecule has 0 amide bonds. The van der Waals surface area contributed by atoms with Crippen LogP contribution in [-0.2, 0) is 13.0 Å². The Morgan fingerprint density at radius 3 is 2.42 bits per heavy atom. The number of carbonyl (C=O) groups excluding carboxylic acids is 1. The predicted molar refractivity (Wildman–Crippen MR) is 136 cm³/mol. The van der Waals surface area contributed by atoms with E-state index in [1.807, 2.05) is 37.3 Å². The van der Waals surface area contributed by atoms with Gasteiger partial charge in [0, 0.05) is 29.8 Å². The number of hydrogen-bond acceptors (Lipinski definition) is 7. The molecular formula is C29H29NO6. The Hall–Kier alpha value is -3.97. The summed E-state index contributed by atoms with van der Waals surface area (Å²) in [6, 6.07) is 15.4. The Morgan fingerprint density at radius 1 is 0.944 bits per heavy atom. The van der Waals surface area contributed by atoms with Gasteiger partial charge in [0.25, 0.3) is 0 Å². The van der Waals surface area contributed by atoms with Gasteiger partial charge in [0.15, 0.2) is 5.76 Å². The molecule has 0 radical (unpaired) electrons. The highest BCUT2D eigenvalue weighted by Crippen LogP contribution is 2.43. The molecule has 2 aliphatic heterocycles. The molecule has 0 atom stereocenters. The van der Waals surface area contributed by atoms with Crippen LogP contribution in [0, 0.1) is 6.92 Å². The van der Waals surface area contributed by atoms with Crippen molar-refractivity contribution in [2.45, 2.75) is 19.9 Å². The van der Waals surface area contributed by atoms with Crippen molar-refractivity contribution in [3.8, 4) is 28.7 Å². The van der Waals surface area contributed by atoms with Gasteiger partial charge < -0.3 is 23.7 Å². The van der Waals surface area contributed by atoms with Crippen molar-refractivity contribution in [2.24, 2.45) is 0 Å². The lowest BCUT2D eigenvalue weighted by molar-refractivity contribution is 0.0954. The van der Waals surface area contributed by atoms with Gasteiger partial charge in [0.1, 0.15) is 35.5 Å². The molecule has 0 aliphatic carbocycles. The maximum absolute atomic E-state index is 13.3. The van der Waals surface area contributed by atoms with E-state index < -0.39 is 0 Å². The molecule has 7 nitrogen and oxygen atoms in total. The number of ether oxygens (including phenoxy) is 5. The van der Waals surface area contributed by atoms with Crippen molar-refractivity contribution in [1.82, 2.24) is 4.90 Å². The second kappa shape index (κ2) is 9.95. The summed E-state index contributed by atoms with van der Waals surface area (Å²) in [4.78, 5) is 15.5. The fourth-order valence-electron chi connectivity index (χ4n) is 4.61. The lowest BCUT2D eigenvalue weighted by Gasteiger charge is -2.30. The molecule has 5 rings (SSSR count). The van der Waals surface area contributed by atoms with E-state index in [-0.39, 0.29) is 11.5 Å². The number of hydrogen-bond donors (Lipinski definition) is 0. The number of carbonyl (C=O) groups is 1. The molecule has 3 aromatic carbocycles. The molecule has 36 heavy (non-hydrogen) atoms. The van der Waals surface area contributed by atoms with Gasteiger partial charge in [-0.3, -0.25) is 9.69 Å². The third-order valence-electron chi connectivity index (χ3n) is 6.60. The Labute approximate surface area is 210 Å². The topological polar surface area (TPSA) is 66.5 Å². The van der Waals surface area contributed by atoms with Crippen LogP contribution in [0.15, 0.2) is 54.3 Å². The second-order valence-corrected chi connectivity index (χ2v) is 8.84. The van der Waals surface area contributed by atoms with E-state index in [4.69, 9.17) is 23.7 Å². The molecule has 0 bridgehead atoms. The highest BCUT2D eigenvalue weighted by molar-refractivity contribution is 6.15. The lowest BCUT2D eigenvalue weighted by atomic mass is 9.99. The minimum atomic E-state index is -0.156. The van der Waals surface area contributed by atoms with Crippen LogP contribution in [0.2, 0.25) is 0 Å². The summed E-state index contributed by atoms with van der Waals surface area (Å²) in [6.07, 6.45) is 2.59. The maximum atomic E-state index is 13.3. The van der Waals surface area contributed by atoms with Gasteiger partial charge >= 0.3 is 0 Å². The molecule has 0 N–H and O–H groups in total. The number of benzene rings is 3. The minimum Gasteiger partial charge on any atom is -0.497 e. The SMILES string of the molecule is COc1ccc(CCN2COc3c(cc4c(c3C)O/C(=C\c3cc(OC)ccc3OC)C4=O)C2)cc1. The van der Waals surface area contributed by atoms with Crippen LogP contribution in [0.3, 0.4) is 0 Å². The van der Waals surface area contributed by atoms with Gasteiger partial charge in [-0.15, -0.1) is 0 Å². The van der Waals surface area contributed by atoms with Crippen LogP contribution in [-0.4, -0.2) is 45.3 Å². The highest BCUT2D eigenvalue weighted by atomic mass is 16.5. The predicted octanol–water partition coefficient (Wildman–Crippen LogP) is 5.03. The number of ketones is 1. The second-order valence-electron chi connectivity index (χ2n) is 8.84. The summed E-state index contributed by atoms with van der Waals surface area (Å²) in [5.74, 6) is 3.59. The number of allylic oxidation sites excluding steroid dienone is 1. The average molecular weight is 488 g/mol. The first kappa shape index (κ1) is 23.8. The Bertz CT molecular complexity index is 1330. The van der Waals surface area contributed by atoms with Crippen LogP contribution < -0.4 is 23.7 Å². The largest absolute Gasteiger partial charge is 0.497 e. The van der Waals surface area contributed by atoms with E-state index in [0.29, 0.717) is 41.7 Å². The zero-order valence-corrected chi connectivity index (χ0v) is 20.9. The first-order valence-corrected chi connectivity index (χ1v) is 11.8. The monoisotopic (exact) mass is 487 g/mol. The molecule has 2 aliphatic rings. The minimum absolute atomic E-state index is 0.156. The van der Waals surface area contributed by atoms with Crippen LogP contribution in [0.1, 0.15) is 32.6 Å². The summed E-state index contributed by atoms with van der Waals surface area (Å²) < 4.78 is 28.2. The fraction of sp³-hybridized carbons (Fsp3) is 0.276. The van der Waals surface area contributed by atoms with Crippen molar-refractivity contribution in [1.29, 1.82) is 0 Å². The Balaban J connectivity index is 1.36. The molecule has 0 saturated heterocycles. The number of methoxy groups -OCH3 is 3. The summed E-state index contributed by atoms with van der Waals surface area (Å²) >= 11 is 0. The molecule has 2 heterocycles. The molecule has 3 aromatic rings. The van der Waals surface area contributed by atoms with E-state index in [2.05, 4.69) is 17.0 Å². The fourth-order valence-corrected chi connectivity index (χ4v) is 4.61. The summed E-state index contributed by atoms with van der Waals surface area (Å²) in [5, 5.41) is 0. The molecule has 0 spiro atoms. The molecule has 0 aromatic heterocycles. The number of fused-ring (bicyclic) bond motifs is 2. The summed E-state index contributed by atoms with van der Waals surface area (Å²) in [5.41, 5.74) is 4.32.